The van der Waals surface area contributed by atoms with Crippen LogP contribution in [0.15, 0.2) is 54.7 Å². The van der Waals surface area contributed by atoms with E-state index in [0.717, 1.165) is 11.3 Å². The van der Waals surface area contributed by atoms with Gasteiger partial charge in [-0.15, -0.1) is 0 Å². The van der Waals surface area contributed by atoms with Gasteiger partial charge in [-0.25, -0.2) is 0 Å². The monoisotopic (exact) mass is 297 g/mol. The molecule has 114 valence electrons. The molecule has 2 rings (SSSR count). The maximum atomic E-state index is 12.1. The SMILES string of the molecule is CC(=O)N[C@H](CC(=O)NCc1ccccn1)c1ccccc1. The van der Waals surface area contributed by atoms with Gasteiger partial charge in [-0.2, -0.15) is 0 Å². The van der Waals surface area contributed by atoms with Crippen molar-refractivity contribution < 1.29 is 9.59 Å². The van der Waals surface area contributed by atoms with Gasteiger partial charge in [0.25, 0.3) is 0 Å². The summed E-state index contributed by atoms with van der Waals surface area (Å²) < 4.78 is 0. The molecule has 0 bridgehead atoms. The van der Waals surface area contributed by atoms with Gasteiger partial charge < -0.3 is 10.6 Å². The van der Waals surface area contributed by atoms with Gasteiger partial charge >= 0.3 is 0 Å². The predicted octanol–water partition coefficient (Wildman–Crippen LogP) is 1.97. The summed E-state index contributed by atoms with van der Waals surface area (Å²) in [6, 6.07) is 14.7. The van der Waals surface area contributed by atoms with Crippen LogP contribution in [0.3, 0.4) is 0 Å². The molecule has 1 atom stereocenters. The largest absolute Gasteiger partial charge is 0.350 e. The van der Waals surface area contributed by atoms with E-state index < -0.39 is 0 Å². The van der Waals surface area contributed by atoms with Crippen molar-refractivity contribution in [3.8, 4) is 0 Å². The Labute approximate surface area is 129 Å². The van der Waals surface area contributed by atoms with Crippen LogP contribution in [0.1, 0.15) is 30.6 Å². The van der Waals surface area contributed by atoms with Gasteiger partial charge in [0.15, 0.2) is 0 Å². The number of pyridine rings is 1. The smallest absolute Gasteiger partial charge is 0.222 e. The van der Waals surface area contributed by atoms with Crippen molar-refractivity contribution in [1.82, 2.24) is 15.6 Å². The van der Waals surface area contributed by atoms with Crippen LogP contribution in [0.4, 0.5) is 0 Å². The fourth-order valence-electron chi connectivity index (χ4n) is 2.13. The molecule has 5 nitrogen and oxygen atoms in total. The highest BCUT2D eigenvalue weighted by Gasteiger charge is 2.16. The topological polar surface area (TPSA) is 71.1 Å². The van der Waals surface area contributed by atoms with E-state index in [-0.39, 0.29) is 24.3 Å². The van der Waals surface area contributed by atoms with Crippen molar-refractivity contribution in [2.45, 2.75) is 25.9 Å². The average Bonchev–Trinajstić information content (AvgIpc) is 2.54. The van der Waals surface area contributed by atoms with Crippen LogP contribution in [0, 0.1) is 0 Å². The normalized spacial score (nSPS) is 11.5. The standard InChI is InChI=1S/C17H19N3O2/c1-13(21)20-16(14-7-3-2-4-8-14)11-17(22)19-12-15-9-5-6-10-18-15/h2-10,16H,11-12H2,1H3,(H,19,22)(H,20,21)/t16-/m1/s1. The van der Waals surface area contributed by atoms with E-state index in [0.29, 0.717) is 6.54 Å². The third-order valence-electron chi connectivity index (χ3n) is 3.16. The van der Waals surface area contributed by atoms with Gasteiger partial charge in [-0.1, -0.05) is 36.4 Å². The van der Waals surface area contributed by atoms with Gasteiger partial charge in [0.05, 0.1) is 24.7 Å². The molecule has 22 heavy (non-hydrogen) atoms. The fraction of sp³-hybridized carbons (Fsp3) is 0.235. The van der Waals surface area contributed by atoms with Gasteiger partial charge in [0.2, 0.25) is 11.8 Å². The van der Waals surface area contributed by atoms with Crippen LogP contribution in [0.25, 0.3) is 0 Å². The summed E-state index contributed by atoms with van der Waals surface area (Å²) in [5.74, 6) is -0.292. The molecule has 2 aromatic rings. The van der Waals surface area contributed by atoms with Gasteiger partial charge in [0, 0.05) is 13.1 Å². The second-order valence-corrected chi connectivity index (χ2v) is 4.97. The summed E-state index contributed by atoms with van der Waals surface area (Å²) in [4.78, 5) is 27.6. The van der Waals surface area contributed by atoms with E-state index in [1.807, 2.05) is 48.5 Å². The Morgan fingerprint density at radius 3 is 2.45 bits per heavy atom. The molecule has 0 saturated carbocycles. The fourth-order valence-corrected chi connectivity index (χ4v) is 2.13. The predicted molar refractivity (Wildman–Crippen MR) is 83.7 cm³/mol. The van der Waals surface area contributed by atoms with Crippen molar-refractivity contribution in [2.24, 2.45) is 0 Å². The molecule has 0 radical (unpaired) electrons. The lowest BCUT2D eigenvalue weighted by Gasteiger charge is -2.18. The molecule has 0 spiro atoms. The first-order valence-corrected chi connectivity index (χ1v) is 7.14. The number of nitrogens with zero attached hydrogens (tertiary/aromatic N) is 1. The lowest BCUT2D eigenvalue weighted by atomic mass is 10.0. The first kappa shape index (κ1) is 15.7. The molecule has 2 amide bonds. The molecule has 2 N–H and O–H groups in total. The Kier molecular flexibility index (Phi) is 5.65. The minimum atomic E-state index is -0.331. The summed E-state index contributed by atoms with van der Waals surface area (Å²) in [5.41, 5.74) is 1.71. The number of amides is 2. The Morgan fingerprint density at radius 2 is 1.82 bits per heavy atom. The summed E-state index contributed by atoms with van der Waals surface area (Å²) in [6.45, 7) is 1.82. The highest BCUT2D eigenvalue weighted by Crippen LogP contribution is 2.16. The van der Waals surface area contributed by atoms with Crippen LogP contribution in [0.2, 0.25) is 0 Å². The van der Waals surface area contributed by atoms with Crippen LogP contribution < -0.4 is 10.6 Å². The minimum Gasteiger partial charge on any atom is -0.350 e. The molecule has 0 aliphatic heterocycles. The highest BCUT2D eigenvalue weighted by atomic mass is 16.2. The highest BCUT2D eigenvalue weighted by molar-refractivity contribution is 5.79. The summed E-state index contributed by atoms with van der Waals surface area (Å²) in [6.07, 6.45) is 1.88. The first-order chi connectivity index (χ1) is 10.6. The van der Waals surface area contributed by atoms with Gasteiger partial charge in [-0.05, 0) is 17.7 Å². The lowest BCUT2D eigenvalue weighted by molar-refractivity contribution is -0.122. The Morgan fingerprint density at radius 1 is 1.09 bits per heavy atom. The van der Waals surface area contributed by atoms with Crippen molar-refractivity contribution in [3.05, 3.63) is 66.0 Å². The Balaban J connectivity index is 1.95. The van der Waals surface area contributed by atoms with Crippen molar-refractivity contribution in [1.29, 1.82) is 0 Å². The average molecular weight is 297 g/mol. The Bertz CT molecular complexity index is 614. The van der Waals surface area contributed by atoms with Crippen LogP contribution in [-0.4, -0.2) is 16.8 Å². The van der Waals surface area contributed by atoms with Crippen LogP contribution in [0.5, 0.6) is 0 Å². The molecular formula is C17H19N3O2. The summed E-state index contributed by atoms with van der Waals surface area (Å²) in [5, 5.41) is 5.63. The molecule has 0 fully saturated rings. The second kappa shape index (κ2) is 7.93. The zero-order valence-electron chi connectivity index (χ0n) is 12.5. The summed E-state index contributed by atoms with van der Waals surface area (Å²) in [7, 11) is 0. The van der Waals surface area contributed by atoms with Gasteiger partial charge in [-0.3, -0.25) is 14.6 Å². The number of carbonyl (C=O) groups is 2. The number of nitrogens with one attached hydrogen (secondary N) is 2. The zero-order valence-corrected chi connectivity index (χ0v) is 12.5. The molecule has 1 aromatic carbocycles. The number of rotatable bonds is 6. The van der Waals surface area contributed by atoms with E-state index in [4.69, 9.17) is 0 Å². The molecule has 1 aromatic heterocycles. The van der Waals surface area contributed by atoms with Crippen molar-refractivity contribution >= 4 is 11.8 Å². The van der Waals surface area contributed by atoms with E-state index >= 15 is 0 Å². The molecule has 0 aliphatic rings. The van der Waals surface area contributed by atoms with Gasteiger partial charge in [0.1, 0.15) is 0 Å². The second-order valence-electron chi connectivity index (χ2n) is 4.97. The zero-order chi connectivity index (χ0) is 15.8. The number of hydrogen-bond donors (Lipinski definition) is 2. The third-order valence-corrected chi connectivity index (χ3v) is 3.16. The molecule has 5 heteroatoms. The molecule has 0 aliphatic carbocycles. The van der Waals surface area contributed by atoms with Crippen molar-refractivity contribution in [3.63, 3.8) is 0 Å². The number of benzene rings is 1. The number of hydrogen-bond acceptors (Lipinski definition) is 3. The first-order valence-electron chi connectivity index (χ1n) is 7.14. The minimum absolute atomic E-state index is 0.131. The Hall–Kier alpha value is -2.69. The van der Waals surface area contributed by atoms with E-state index in [1.165, 1.54) is 6.92 Å². The van der Waals surface area contributed by atoms with Crippen LogP contribution in [-0.2, 0) is 16.1 Å². The third kappa shape index (κ3) is 5.01. The molecule has 0 unspecified atom stereocenters. The quantitative estimate of drug-likeness (QED) is 0.856. The van der Waals surface area contributed by atoms with Crippen molar-refractivity contribution in [2.75, 3.05) is 0 Å². The van der Waals surface area contributed by atoms with Crippen LogP contribution >= 0.6 is 0 Å². The molecule has 0 saturated heterocycles. The maximum absolute atomic E-state index is 12.1. The van der Waals surface area contributed by atoms with E-state index in [1.54, 1.807) is 6.20 Å². The number of carbonyl (C=O) groups excluding carboxylic acids is 2. The molecule has 1 heterocycles. The van der Waals surface area contributed by atoms with E-state index in [2.05, 4.69) is 15.6 Å². The summed E-state index contributed by atoms with van der Waals surface area (Å²) >= 11 is 0. The lowest BCUT2D eigenvalue weighted by Crippen LogP contribution is -2.32. The molecular weight excluding hydrogens is 278 g/mol. The maximum Gasteiger partial charge on any atom is 0.222 e. The van der Waals surface area contributed by atoms with E-state index in [9.17, 15) is 9.59 Å². The number of aromatic nitrogens is 1.